The van der Waals surface area contributed by atoms with Crippen LogP contribution < -0.4 is 5.43 Å². The number of hydrogen-bond acceptors (Lipinski definition) is 2. The molecule has 0 amide bonds. The monoisotopic (exact) mass is 176 g/mol. The Morgan fingerprint density at radius 2 is 2.23 bits per heavy atom. The fraction of sp³-hybridized carbons (Fsp3) is 0.222. The van der Waals surface area contributed by atoms with Gasteiger partial charge in [0.05, 0.1) is 18.4 Å². The number of hydrogen-bond donors (Lipinski definition) is 2. The van der Waals surface area contributed by atoms with Crippen LogP contribution in [0.2, 0.25) is 0 Å². The molecule has 2 heterocycles. The van der Waals surface area contributed by atoms with Gasteiger partial charge in [0, 0.05) is 12.4 Å². The molecular weight excluding hydrogens is 164 g/mol. The molecule has 0 saturated carbocycles. The fourth-order valence-electron chi connectivity index (χ4n) is 1.18. The summed E-state index contributed by atoms with van der Waals surface area (Å²) in [5, 5.41) is 0. The van der Waals surface area contributed by atoms with Crippen molar-refractivity contribution in [2.24, 2.45) is 0 Å². The van der Waals surface area contributed by atoms with Gasteiger partial charge in [-0.15, -0.1) is 0 Å². The maximum absolute atomic E-state index is 4.11. The van der Waals surface area contributed by atoms with Crippen LogP contribution in [0.15, 0.2) is 30.7 Å². The summed E-state index contributed by atoms with van der Waals surface area (Å²) in [6, 6.07) is 3.95. The second kappa shape index (κ2) is 3.35. The average Bonchev–Trinajstić information content (AvgIpc) is 2.71. The Balaban J connectivity index is 1.93. The molecule has 2 aromatic rings. The van der Waals surface area contributed by atoms with E-state index >= 15 is 0 Å². The largest absolute Gasteiger partial charge is 0.345 e. The highest BCUT2D eigenvalue weighted by molar-refractivity contribution is 5.03. The van der Waals surface area contributed by atoms with E-state index in [9.17, 15) is 0 Å². The van der Waals surface area contributed by atoms with Gasteiger partial charge in [-0.05, 0) is 19.1 Å². The van der Waals surface area contributed by atoms with E-state index < -0.39 is 0 Å². The first kappa shape index (κ1) is 7.91. The van der Waals surface area contributed by atoms with Gasteiger partial charge in [-0.25, -0.2) is 4.98 Å². The third-order valence-electron chi connectivity index (χ3n) is 1.81. The predicted octanol–water partition coefficient (Wildman–Crippen LogP) is 1.26. The van der Waals surface area contributed by atoms with Crippen molar-refractivity contribution in [3.8, 4) is 0 Å². The standard InChI is InChI=1S/C9H12N4/c1-8-10-6-9(12-8)7-11-13-4-2-3-5-13/h2-6,11H,7H2,1H3,(H,10,12). The molecule has 0 spiro atoms. The third kappa shape index (κ3) is 1.90. The molecule has 2 aromatic heterocycles. The lowest BCUT2D eigenvalue weighted by Crippen LogP contribution is -2.11. The van der Waals surface area contributed by atoms with Crippen molar-refractivity contribution in [2.75, 3.05) is 5.43 Å². The second-order valence-corrected chi connectivity index (χ2v) is 2.92. The molecule has 0 aliphatic heterocycles. The molecular formula is C9H12N4. The average molecular weight is 176 g/mol. The number of nitrogens with zero attached hydrogens (tertiary/aromatic N) is 2. The minimum Gasteiger partial charge on any atom is -0.345 e. The van der Waals surface area contributed by atoms with Gasteiger partial charge >= 0.3 is 0 Å². The van der Waals surface area contributed by atoms with E-state index in [1.54, 1.807) is 0 Å². The quantitative estimate of drug-likeness (QED) is 0.739. The maximum atomic E-state index is 4.11. The van der Waals surface area contributed by atoms with Gasteiger partial charge in [-0.3, -0.25) is 4.68 Å². The van der Waals surface area contributed by atoms with E-state index in [0.717, 1.165) is 18.1 Å². The van der Waals surface area contributed by atoms with Crippen molar-refractivity contribution in [3.63, 3.8) is 0 Å². The molecule has 2 N–H and O–H groups in total. The molecule has 0 fully saturated rings. The minimum atomic E-state index is 0.759. The van der Waals surface area contributed by atoms with Crippen molar-refractivity contribution in [1.29, 1.82) is 0 Å². The Kier molecular flexibility index (Phi) is 2.04. The number of nitrogens with one attached hydrogen (secondary N) is 2. The van der Waals surface area contributed by atoms with Gasteiger partial charge in [0.1, 0.15) is 5.82 Å². The number of aryl methyl sites for hydroxylation is 1. The Morgan fingerprint density at radius 1 is 1.46 bits per heavy atom. The Bertz CT molecular complexity index is 361. The van der Waals surface area contributed by atoms with E-state index in [2.05, 4.69) is 15.4 Å². The highest BCUT2D eigenvalue weighted by atomic mass is 15.4. The Labute approximate surface area is 76.6 Å². The molecule has 0 aromatic carbocycles. The lowest BCUT2D eigenvalue weighted by atomic mass is 10.5. The molecule has 4 heteroatoms. The van der Waals surface area contributed by atoms with Crippen LogP contribution in [0, 0.1) is 6.92 Å². The first-order valence-electron chi connectivity index (χ1n) is 4.22. The van der Waals surface area contributed by atoms with Gasteiger partial charge in [-0.1, -0.05) is 0 Å². The second-order valence-electron chi connectivity index (χ2n) is 2.92. The van der Waals surface area contributed by atoms with E-state index in [-0.39, 0.29) is 0 Å². The van der Waals surface area contributed by atoms with Crippen molar-refractivity contribution in [1.82, 2.24) is 14.6 Å². The summed E-state index contributed by atoms with van der Waals surface area (Å²) in [5.41, 5.74) is 4.29. The minimum absolute atomic E-state index is 0.759. The zero-order chi connectivity index (χ0) is 9.10. The molecule has 0 atom stereocenters. The van der Waals surface area contributed by atoms with E-state index in [0.29, 0.717) is 0 Å². The molecule has 4 nitrogen and oxygen atoms in total. The number of H-pyrrole nitrogens is 1. The highest BCUT2D eigenvalue weighted by Gasteiger charge is 1.94. The SMILES string of the molecule is Cc1ncc(CNn2cccc2)[nH]1. The summed E-state index contributed by atoms with van der Waals surface area (Å²) in [6.45, 7) is 2.70. The van der Waals surface area contributed by atoms with Crippen molar-refractivity contribution in [3.05, 3.63) is 42.2 Å². The van der Waals surface area contributed by atoms with Crippen molar-refractivity contribution in [2.45, 2.75) is 13.5 Å². The van der Waals surface area contributed by atoms with Crippen LogP contribution >= 0.6 is 0 Å². The van der Waals surface area contributed by atoms with Crippen LogP contribution in [-0.2, 0) is 6.54 Å². The lowest BCUT2D eigenvalue weighted by molar-refractivity contribution is 0.832. The van der Waals surface area contributed by atoms with Crippen LogP contribution in [0.3, 0.4) is 0 Å². The summed E-state index contributed by atoms with van der Waals surface area (Å²) in [4.78, 5) is 7.26. The molecule has 0 unspecified atom stereocenters. The van der Waals surface area contributed by atoms with Crippen molar-refractivity contribution >= 4 is 0 Å². The molecule has 0 aliphatic rings. The molecule has 2 rings (SSSR count). The van der Waals surface area contributed by atoms with Gasteiger partial charge < -0.3 is 10.4 Å². The summed E-state index contributed by atoms with van der Waals surface area (Å²) in [7, 11) is 0. The normalized spacial score (nSPS) is 10.2. The number of rotatable bonds is 3. The third-order valence-corrected chi connectivity index (χ3v) is 1.81. The molecule has 0 saturated heterocycles. The first-order chi connectivity index (χ1) is 6.34. The summed E-state index contributed by atoms with van der Waals surface area (Å²) >= 11 is 0. The number of aromatic amines is 1. The molecule has 0 aliphatic carbocycles. The van der Waals surface area contributed by atoms with E-state index in [4.69, 9.17) is 0 Å². The van der Waals surface area contributed by atoms with Crippen LogP contribution in [0.5, 0.6) is 0 Å². The van der Waals surface area contributed by atoms with Crippen LogP contribution in [-0.4, -0.2) is 14.6 Å². The summed E-state index contributed by atoms with van der Waals surface area (Å²) < 4.78 is 1.91. The molecule has 0 bridgehead atoms. The van der Waals surface area contributed by atoms with Crippen LogP contribution in [0.1, 0.15) is 11.5 Å². The van der Waals surface area contributed by atoms with Gasteiger partial charge in [0.15, 0.2) is 0 Å². The van der Waals surface area contributed by atoms with Crippen LogP contribution in [0.25, 0.3) is 0 Å². The molecule has 0 radical (unpaired) electrons. The topological polar surface area (TPSA) is 45.6 Å². The smallest absolute Gasteiger partial charge is 0.103 e. The van der Waals surface area contributed by atoms with E-state index in [1.807, 2.05) is 42.3 Å². The number of imidazole rings is 1. The fourth-order valence-corrected chi connectivity index (χ4v) is 1.18. The van der Waals surface area contributed by atoms with Gasteiger partial charge in [0.2, 0.25) is 0 Å². The number of aromatic nitrogens is 3. The Hall–Kier alpha value is -1.71. The lowest BCUT2D eigenvalue weighted by Gasteiger charge is -2.04. The van der Waals surface area contributed by atoms with Crippen molar-refractivity contribution < 1.29 is 0 Å². The molecule has 68 valence electrons. The molecule has 13 heavy (non-hydrogen) atoms. The summed E-state index contributed by atoms with van der Waals surface area (Å²) in [5.74, 6) is 0.948. The van der Waals surface area contributed by atoms with Crippen LogP contribution in [0.4, 0.5) is 0 Å². The zero-order valence-corrected chi connectivity index (χ0v) is 7.49. The van der Waals surface area contributed by atoms with Gasteiger partial charge in [-0.2, -0.15) is 0 Å². The Morgan fingerprint density at radius 3 is 2.85 bits per heavy atom. The maximum Gasteiger partial charge on any atom is 0.103 e. The first-order valence-corrected chi connectivity index (χ1v) is 4.22. The highest BCUT2D eigenvalue weighted by Crippen LogP contribution is 1.96. The summed E-state index contributed by atoms with van der Waals surface area (Å²) in [6.07, 6.45) is 5.76. The van der Waals surface area contributed by atoms with Gasteiger partial charge in [0.25, 0.3) is 0 Å². The van der Waals surface area contributed by atoms with E-state index in [1.165, 1.54) is 0 Å². The zero-order valence-electron chi connectivity index (χ0n) is 7.49. The predicted molar refractivity (Wildman–Crippen MR) is 50.8 cm³/mol.